The highest BCUT2D eigenvalue weighted by molar-refractivity contribution is 7.10. The fraction of sp³-hybridized carbons (Fsp3) is 0.111. The molecule has 2 heterocycles. The van der Waals surface area contributed by atoms with Gasteiger partial charge in [-0.3, -0.25) is 14.3 Å². The summed E-state index contributed by atoms with van der Waals surface area (Å²) < 4.78 is 1.72. The summed E-state index contributed by atoms with van der Waals surface area (Å²) in [5.41, 5.74) is 0.403. The maximum absolute atomic E-state index is 12.2. The summed E-state index contributed by atoms with van der Waals surface area (Å²) in [6, 6.07) is 11.8. The van der Waals surface area contributed by atoms with Gasteiger partial charge in [0.15, 0.2) is 0 Å². The van der Waals surface area contributed by atoms with Gasteiger partial charge in [0.2, 0.25) is 0 Å². The van der Waals surface area contributed by atoms with Crippen molar-refractivity contribution in [2.24, 2.45) is 0 Å². The quantitative estimate of drug-likeness (QED) is 0.644. The summed E-state index contributed by atoms with van der Waals surface area (Å²) in [6.45, 7) is 0.190. The second-order valence-corrected chi connectivity index (χ2v) is 6.90. The maximum atomic E-state index is 12.2. The number of amides is 2. The number of nitrogens with one attached hydrogen (secondary N) is 2. The molecule has 0 saturated heterocycles. The second-order valence-electron chi connectivity index (χ2n) is 5.48. The molecule has 9 heteroatoms. The predicted octanol–water partition coefficient (Wildman–Crippen LogP) is 2.81. The van der Waals surface area contributed by atoms with E-state index in [0.717, 1.165) is 4.88 Å². The topological polar surface area (TPSA) is 99.8 Å². The van der Waals surface area contributed by atoms with Crippen LogP contribution in [0.4, 0.5) is 5.69 Å². The Bertz CT molecular complexity index is 946. The summed E-state index contributed by atoms with van der Waals surface area (Å²) in [7, 11) is 0. The van der Waals surface area contributed by atoms with Crippen LogP contribution in [-0.4, -0.2) is 28.1 Å². The van der Waals surface area contributed by atoms with Crippen molar-refractivity contribution in [1.29, 1.82) is 5.26 Å². The first-order valence-corrected chi connectivity index (χ1v) is 9.15. The van der Waals surface area contributed by atoms with Gasteiger partial charge in [0.25, 0.3) is 0 Å². The average Bonchev–Trinajstić information content (AvgIpc) is 3.36. The van der Waals surface area contributed by atoms with Gasteiger partial charge in [-0.05, 0) is 35.7 Å². The van der Waals surface area contributed by atoms with Crippen molar-refractivity contribution in [3.05, 3.63) is 69.6 Å². The molecule has 0 spiro atoms. The Morgan fingerprint density at radius 2 is 2.15 bits per heavy atom. The Labute approximate surface area is 164 Å². The van der Waals surface area contributed by atoms with Crippen LogP contribution in [0.25, 0.3) is 0 Å². The first-order valence-electron chi connectivity index (χ1n) is 7.90. The van der Waals surface area contributed by atoms with Gasteiger partial charge in [-0.25, -0.2) is 0 Å². The second kappa shape index (κ2) is 8.49. The van der Waals surface area contributed by atoms with Crippen molar-refractivity contribution < 1.29 is 9.59 Å². The number of carbonyl (C=O) groups is 2. The van der Waals surface area contributed by atoms with Crippen LogP contribution >= 0.6 is 22.9 Å². The summed E-state index contributed by atoms with van der Waals surface area (Å²) in [6.07, 6.45) is 3.44. The lowest BCUT2D eigenvalue weighted by Gasteiger charge is -2.17. The fourth-order valence-electron chi connectivity index (χ4n) is 2.44. The van der Waals surface area contributed by atoms with E-state index in [1.807, 2.05) is 23.6 Å². The minimum absolute atomic E-state index is 0.187. The van der Waals surface area contributed by atoms with Crippen LogP contribution in [0.5, 0.6) is 0 Å². The van der Waals surface area contributed by atoms with Gasteiger partial charge in [-0.2, -0.15) is 10.4 Å². The number of aromatic nitrogens is 2. The molecule has 3 rings (SSSR count). The standard InChI is InChI=1S/C18H14ClN5O2S/c19-13-5-4-12(10-20)14(9-13)23-18(26)17(25)21-11-15(16-3-1-8-27-16)24-7-2-6-22-24/h1-9,15H,11H2,(H,21,25)(H,23,26)/t15-/m1/s1. The number of rotatable bonds is 5. The van der Waals surface area contributed by atoms with Crippen LogP contribution < -0.4 is 10.6 Å². The molecular formula is C18H14ClN5O2S. The van der Waals surface area contributed by atoms with Gasteiger partial charge in [0.05, 0.1) is 11.3 Å². The van der Waals surface area contributed by atoms with Crippen molar-refractivity contribution >= 4 is 40.4 Å². The maximum Gasteiger partial charge on any atom is 0.313 e. The Balaban J connectivity index is 1.67. The molecule has 0 aliphatic carbocycles. The van der Waals surface area contributed by atoms with E-state index < -0.39 is 11.8 Å². The molecule has 3 aromatic rings. The molecule has 0 fully saturated rings. The number of thiophene rings is 1. The van der Waals surface area contributed by atoms with Crippen LogP contribution in [-0.2, 0) is 9.59 Å². The molecule has 0 saturated carbocycles. The lowest BCUT2D eigenvalue weighted by atomic mass is 10.2. The lowest BCUT2D eigenvalue weighted by molar-refractivity contribution is -0.136. The number of halogens is 1. The van der Waals surface area contributed by atoms with Gasteiger partial charge < -0.3 is 10.6 Å². The minimum atomic E-state index is -0.876. The molecule has 1 aromatic carbocycles. The molecule has 136 valence electrons. The molecule has 0 aliphatic heterocycles. The van der Waals surface area contributed by atoms with Crippen molar-refractivity contribution in [3.63, 3.8) is 0 Å². The zero-order valence-corrected chi connectivity index (χ0v) is 15.5. The van der Waals surface area contributed by atoms with E-state index in [4.69, 9.17) is 16.9 Å². The van der Waals surface area contributed by atoms with Crippen molar-refractivity contribution in [1.82, 2.24) is 15.1 Å². The van der Waals surface area contributed by atoms with Crippen LogP contribution in [0.2, 0.25) is 5.02 Å². The van der Waals surface area contributed by atoms with Gasteiger partial charge in [-0.1, -0.05) is 17.7 Å². The van der Waals surface area contributed by atoms with E-state index in [2.05, 4.69) is 15.7 Å². The minimum Gasteiger partial charge on any atom is -0.345 e. The Morgan fingerprint density at radius 1 is 1.30 bits per heavy atom. The third-order valence-electron chi connectivity index (χ3n) is 3.73. The Morgan fingerprint density at radius 3 is 2.81 bits per heavy atom. The van der Waals surface area contributed by atoms with E-state index >= 15 is 0 Å². The highest BCUT2D eigenvalue weighted by Crippen LogP contribution is 2.22. The fourth-order valence-corrected chi connectivity index (χ4v) is 3.43. The smallest absolute Gasteiger partial charge is 0.313 e. The van der Waals surface area contributed by atoms with E-state index in [0.29, 0.717) is 5.02 Å². The molecule has 2 aromatic heterocycles. The number of benzene rings is 1. The van der Waals surface area contributed by atoms with Crippen LogP contribution in [0.3, 0.4) is 0 Å². The van der Waals surface area contributed by atoms with Crippen molar-refractivity contribution in [3.8, 4) is 6.07 Å². The number of nitriles is 1. The molecule has 27 heavy (non-hydrogen) atoms. The van der Waals surface area contributed by atoms with E-state index in [-0.39, 0.29) is 23.8 Å². The highest BCUT2D eigenvalue weighted by atomic mass is 35.5. The van der Waals surface area contributed by atoms with Gasteiger partial charge in [-0.15, -0.1) is 11.3 Å². The molecule has 0 unspecified atom stereocenters. The number of hydrogen-bond donors (Lipinski definition) is 2. The third-order valence-corrected chi connectivity index (χ3v) is 4.94. The van der Waals surface area contributed by atoms with Gasteiger partial charge >= 0.3 is 11.8 Å². The van der Waals surface area contributed by atoms with E-state index in [1.54, 1.807) is 23.1 Å². The summed E-state index contributed by atoms with van der Waals surface area (Å²) >= 11 is 7.42. The van der Waals surface area contributed by atoms with Gasteiger partial charge in [0.1, 0.15) is 12.1 Å². The molecule has 2 N–H and O–H groups in total. The number of hydrogen-bond acceptors (Lipinski definition) is 5. The summed E-state index contributed by atoms with van der Waals surface area (Å²) in [4.78, 5) is 25.4. The Hall–Kier alpha value is -3.15. The number of anilines is 1. The zero-order valence-electron chi connectivity index (χ0n) is 13.9. The highest BCUT2D eigenvalue weighted by Gasteiger charge is 2.20. The first kappa shape index (κ1) is 18.6. The molecule has 0 bridgehead atoms. The average molecular weight is 400 g/mol. The molecule has 0 aliphatic rings. The first-order chi connectivity index (χ1) is 13.1. The SMILES string of the molecule is N#Cc1ccc(Cl)cc1NC(=O)C(=O)NC[C@H](c1cccs1)n1cccn1. The van der Waals surface area contributed by atoms with E-state index in [1.165, 1.54) is 29.5 Å². The van der Waals surface area contributed by atoms with E-state index in [9.17, 15) is 9.59 Å². The molecular weight excluding hydrogens is 386 g/mol. The molecule has 1 atom stereocenters. The lowest BCUT2D eigenvalue weighted by Crippen LogP contribution is -2.39. The molecule has 2 amide bonds. The van der Waals surface area contributed by atoms with Crippen LogP contribution in [0.15, 0.2) is 54.2 Å². The van der Waals surface area contributed by atoms with Crippen molar-refractivity contribution in [2.75, 3.05) is 11.9 Å². The predicted molar refractivity (Wildman–Crippen MR) is 102 cm³/mol. The number of nitrogens with zero attached hydrogens (tertiary/aromatic N) is 3. The summed E-state index contributed by atoms with van der Waals surface area (Å²) in [5.74, 6) is -1.69. The number of carbonyl (C=O) groups excluding carboxylic acids is 2. The van der Waals surface area contributed by atoms with Gasteiger partial charge in [0, 0.05) is 28.8 Å². The molecule has 0 radical (unpaired) electrons. The normalized spacial score (nSPS) is 11.4. The summed E-state index contributed by atoms with van der Waals surface area (Å²) in [5, 5.41) is 20.6. The Kier molecular flexibility index (Phi) is 5.86. The van der Waals surface area contributed by atoms with Crippen LogP contribution in [0, 0.1) is 11.3 Å². The van der Waals surface area contributed by atoms with Crippen molar-refractivity contribution in [2.45, 2.75) is 6.04 Å². The largest absolute Gasteiger partial charge is 0.345 e. The van der Waals surface area contributed by atoms with Crippen LogP contribution in [0.1, 0.15) is 16.5 Å². The zero-order chi connectivity index (χ0) is 19.2. The molecule has 7 nitrogen and oxygen atoms in total. The monoisotopic (exact) mass is 399 g/mol. The third kappa shape index (κ3) is 4.53.